The number of nitrogen functional groups attached to an aromatic ring is 1. The van der Waals surface area contributed by atoms with Crippen LogP contribution in [0.1, 0.15) is 12.8 Å². The van der Waals surface area contributed by atoms with Crippen LogP contribution in [0, 0.1) is 0 Å². The van der Waals surface area contributed by atoms with E-state index in [9.17, 15) is 4.79 Å². The average Bonchev–Trinajstić information content (AvgIpc) is 2.26. The van der Waals surface area contributed by atoms with E-state index in [0.29, 0.717) is 35.9 Å². The van der Waals surface area contributed by atoms with Crippen LogP contribution in [0.2, 0.25) is 5.02 Å². The molecule has 0 radical (unpaired) electrons. The molecule has 1 aromatic carbocycles. The van der Waals surface area contributed by atoms with Crippen LogP contribution in [0.4, 0.5) is 5.69 Å². The van der Waals surface area contributed by atoms with Gasteiger partial charge in [0, 0.05) is 19.2 Å². The van der Waals surface area contributed by atoms with Crippen LogP contribution >= 0.6 is 11.6 Å². The number of rotatable bonds is 5. The maximum Gasteiger partial charge on any atom is 0.219 e. The SMILES string of the molecule is CNC(=O)CCCOc1ccc(N)cc1Cl. The number of nitrogens with one attached hydrogen (secondary N) is 1. The second-order valence-electron chi connectivity index (χ2n) is 3.32. The Bertz CT molecular complexity index is 369. The summed E-state index contributed by atoms with van der Waals surface area (Å²) in [6.45, 7) is 0.455. The van der Waals surface area contributed by atoms with Gasteiger partial charge in [-0.25, -0.2) is 0 Å². The highest BCUT2D eigenvalue weighted by atomic mass is 35.5. The number of nitrogens with two attached hydrogens (primary N) is 1. The third-order valence-electron chi connectivity index (χ3n) is 2.04. The molecule has 0 spiro atoms. The van der Waals surface area contributed by atoms with Gasteiger partial charge in [-0.3, -0.25) is 4.79 Å². The largest absolute Gasteiger partial charge is 0.492 e. The van der Waals surface area contributed by atoms with E-state index in [-0.39, 0.29) is 5.91 Å². The third kappa shape index (κ3) is 3.98. The minimum atomic E-state index is 0.00648. The summed E-state index contributed by atoms with van der Waals surface area (Å²) >= 11 is 5.91. The molecule has 0 saturated carbocycles. The fraction of sp³-hybridized carbons (Fsp3) is 0.364. The zero-order chi connectivity index (χ0) is 12.0. The van der Waals surface area contributed by atoms with Gasteiger partial charge in [-0.05, 0) is 24.6 Å². The maximum atomic E-state index is 10.9. The zero-order valence-corrected chi connectivity index (χ0v) is 9.88. The van der Waals surface area contributed by atoms with Crippen LogP contribution in [-0.4, -0.2) is 19.6 Å². The van der Waals surface area contributed by atoms with Crippen molar-refractivity contribution in [3.8, 4) is 5.75 Å². The van der Waals surface area contributed by atoms with E-state index in [1.165, 1.54) is 0 Å². The van der Waals surface area contributed by atoms with E-state index in [1.807, 2.05) is 0 Å². The Balaban J connectivity index is 2.35. The highest BCUT2D eigenvalue weighted by molar-refractivity contribution is 6.32. The summed E-state index contributed by atoms with van der Waals surface area (Å²) < 4.78 is 5.42. The Kier molecular flexibility index (Phi) is 4.92. The van der Waals surface area contributed by atoms with Crippen LogP contribution < -0.4 is 15.8 Å². The molecule has 0 aliphatic heterocycles. The molecule has 1 amide bonds. The first-order chi connectivity index (χ1) is 7.63. The van der Waals surface area contributed by atoms with Gasteiger partial charge in [-0.15, -0.1) is 0 Å². The lowest BCUT2D eigenvalue weighted by molar-refractivity contribution is -0.120. The van der Waals surface area contributed by atoms with Crippen molar-refractivity contribution < 1.29 is 9.53 Å². The van der Waals surface area contributed by atoms with Gasteiger partial charge in [0.05, 0.1) is 11.6 Å². The molecule has 0 bridgehead atoms. The molecule has 0 fully saturated rings. The molecule has 0 saturated heterocycles. The minimum Gasteiger partial charge on any atom is -0.492 e. The van der Waals surface area contributed by atoms with Crippen molar-refractivity contribution >= 4 is 23.2 Å². The number of carbonyl (C=O) groups is 1. The molecule has 0 unspecified atom stereocenters. The van der Waals surface area contributed by atoms with E-state index in [2.05, 4.69) is 5.32 Å². The fourth-order valence-electron chi connectivity index (χ4n) is 1.17. The Morgan fingerprint density at radius 3 is 2.94 bits per heavy atom. The Hall–Kier alpha value is -1.42. The molecule has 0 aliphatic carbocycles. The highest BCUT2D eigenvalue weighted by Crippen LogP contribution is 2.26. The van der Waals surface area contributed by atoms with Crippen molar-refractivity contribution in [3.63, 3.8) is 0 Å². The Labute approximate surface area is 99.7 Å². The number of carbonyl (C=O) groups excluding carboxylic acids is 1. The summed E-state index contributed by atoms with van der Waals surface area (Å²) in [5.74, 6) is 0.597. The lowest BCUT2D eigenvalue weighted by atomic mass is 10.3. The van der Waals surface area contributed by atoms with Gasteiger partial charge in [0.25, 0.3) is 0 Å². The van der Waals surface area contributed by atoms with E-state index < -0.39 is 0 Å². The van der Waals surface area contributed by atoms with Crippen molar-refractivity contribution in [1.82, 2.24) is 5.32 Å². The molecule has 0 atom stereocenters. The van der Waals surface area contributed by atoms with Crippen LogP contribution in [0.25, 0.3) is 0 Å². The number of amides is 1. The zero-order valence-electron chi connectivity index (χ0n) is 9.13. The Morgan fingerprint density at radius 1 is 1.56 bits per heavy atom. The van der Waals surface area contributed by atoms with E-state index in [4.69, 9.17) is 22.1 Å². The summed E-state index contributed by atoms with van der Waals surface area (Å²) in [5.41, 5.74) is 6.15. The van der Waals surface area contributed by atoms with Crippen LogP contribution in [-0.2, 0) is 4.79 Å². The van der Waals surface area contributed by atoms with Crippen molar-refractivity contribution in [1.29, 1.82) is 0 Å². The van der Waals surface area contributed by atoms with Gasteiger partial charge in [0.2, 0.25) is 5.91 Å². The van der Waals surface area contributed by atoms with Gasteiger partial charge < -0.3 is 15.8 Å². The number of anilines is 1. The van der Waals surface area contributed by atoms with Gasteiger partial charge in [0.1, 0.15) is 5.75 Å². The molecule has 0 aliphatic rings. The Morgan fingerprint density at radius 2 is 2.31 bits per heavy atom. The fourth-order valence-corrected chi connectivity index (χ4v) is 1.42. The van der Waals surface area contributed by atoms with E-state index in [1.54, 1.807) is 25.2 Å². The summed E-state index contributed by atoms with van der Waals surface area (Å²) in [5, 5.41) is 3.03. The number of hydrogen-bond acceptors (Lipinski definition) is 3. The first-order valence-electron chi connectivity index (χ1n) is 5.02. The second-order valence-corrected chi connectivity index (χ2v) is 3.72. The predicted octanol–water partition coefficient (Wildman–Crippen LogP) is 1.83. The topological polar surface area (TPSA) is 64.3 Å². The van der Waals surface area contributed by atoms with Gasteiger partial charge in [-0.1, -0.05) is 11.6 Å². The molecular weight excluding hydrogens is 228 g/mol. The highest BCUT2D eigenvalue weighted by Gasteiger charge is 2.02. The van der Waals surface area contributed by atoms with Crippen LogP contribution in [0.15, 0.2) is 18.2 Å². The van der Waals surface area contributed by atoms with Gasteiger partial charge >= 0.3 is 0 Å². The number of hydrogen-bond donors (Lipinski definition) is 2. The first kappa shape index (κ1) is 12.6. The predicted molar refractivity (Wildman–Crippen MR) is 64.7 cm³/mol. The summed E-state index contributed by atoms with van der Waals surface area (Å²) in [6, 6.07) is 5.08. The van der Waals surface area contributed by atoms with Gasteiger partial charge in [-0.2, -0.15) is 0 Å². The molecule has 5 heteroatoms. The molecule has 16 heavy (non-hydrogen) atoms. The first-order valence-corrected chi connectivity index (χ1v) is 5.39. The standard InChI is InChI=1S/C11H15ClN2O2/c1-14-11(15)3-2-6-16-10-5-4-8(13)7-9(10)12/h4-5,7H,2-3,6,13H2,1H3,(H,14,15). The van der Waals surface area contributed by atoms with Crippen molar-refractivity contribution in [2.24, 2.45) is 0 Å². The van der Waals surface area contributed by atoms with Crippen molar-refractivity contribution in [2.45, 2.75) is 12.8 Å². The maximum absolute atomic E-state index is 10.9. The van der Waals surface area contributed by atoms with Crippen LogP contribution in [0.5, 0.6) is 5.75 Å². The lowest BCUT2D eigenvalue weighted by Crippen LogP contribution is -2.18. The summed E-state index contributed by atoms with van der Waals surface area (Å²) in [4.78, 5) is 10.9. The van der Waals surface area contributed by atoms with Gasteiger partial charge in [0.15, 0.2) is 0 Å². The number of ether oxygens (including phenoxy) is 1. The third-order valence-corrected chi connectivity index (χ3v) is 2.34. The normalized spacial score (nSPS) is 9.88. The summed E-state index contributed by atoms with van der Waals surface area (Å²) in [7, 11) is 1.61. The lowest BCUT2D eigenvalue weighted by Gasteiger charge is -2.08. The molecule has 0 aromatic heterocycles. The minimum absolute atomic E-state index is 0.00648. The molecular formula is C11H15ClN2O2. The second kappa shape index (κ2) is 6.23. The molecule has 1 aromatic rings. The molecule has 3 N–H and O–H groups in total. The van der Waals surface area contributed by atoms with Crippen molar-refractivity contribution in [3.05, 3.63) is 23.2 Å². The van der Waals surface area contributed by atoms with E-state index in [0.717, 1.165) is 0 Å². The quantitative estimate of drug-likeness (QED) is 0.612. The van der Waals surface area contributed by atoms with Crippen molar-refractivity contribution in [2.75, 3.05) is 19.4 Å². The smallest absolute Gasteiger partial charge is 0.219 e. The molecule has 0 heterocycles. The monoisotopic (exact) mass is 242 g/mol. The van der Waals surface area contributed by atoms with Crippen LogP contribution in [0.3, 0.4) is 0 Å². The van der Waals surface area contributed by atoms with E-state index >= 15 is 0 Å². The molecule has 88 valence electrons. The average molecular weight is 243 g/mol. The molecule has 4 nitrogen and oxygen atoms in total. The number of benzene rings is 1. The summed E-state index contributed by atoms with van der Waals surface area (Å²) in [6.07, 6.45) is 1.10. The molecule has 1 rings (SSSR count). The number of halogens is 1.